The molecule has 0 radical (unpaired) electrons. The van der Waals surface area contributed by atoms with Gasteiger partial charge in [-0.25, -0.2) is 4.57 Å². The van der Waals surface area contributed by atoms with Crippen LogP contribution in [0.1, 0.15) is 19.2 Å². The standard InChI is InChI=1S/C14H17N3O2S/c1-3-19-13(18)10-9-12-16(2)14(20)15-17(12)11-7-5-4-6-8-11/h4-8H,3,9-10H2,1-2H3/p+1. The molecule has 0 saturated carbocycles. The Labute approximate surface area is 123 Å². The van der Waals surface area contributed by atoms with Gasteiger partial charge in [-0.05, 0) is 24.2 Å². The van der Waals surface area contributed by atoms with Crippen LogP contribution < -0.4 is 4.68 Å². The largest absolute Gasteiger partial charge is 0.466 e. The molecule has 2 aromatic rings. The van der Waals surface area contributed by atoms with E-state index >= 15 is 0 Å². The second-order valence-electron chi connectivity index (χ2n) is 4.33. The van der Waals surface area contributed by atoms with E-state index in [1.807, 2.05) is 46.6 Å². The number of carbonyl (C=O) groups excluding carboxylic acids is 1. The van der Waals surface area contributed by atoms with Crippen LogP contribution in [0.25, 0.3) is 5.69 Å². The van der Waals surface area contributed by atoms with Crippen molar-refractivity contribution in [2.24, 2.45) is 7.05 Å². The molecule has 0 spiro atoms. The number of hydrogen-bond acceptors (Lipinski definition) is 4. The van der Waals surface area contributed by atoms with E-state index in [0.29, 0.717) is 24.6 Å². The van der Waals surface area contributed by atoms with Gasteiger partial charge in [0.15, 0.2) is 5.69 Å². The van der Waals surface area contributed by atoms with Crippen LogP contribution in [0.15, 0.2) is 35.5 Å². The Morgan fingerprint density at radius 2 is 2.10 bits per heavy atom. The van der Waals surface area contributed by atoms with Crippen molar-refractivity contribution in [3.63, 3.8) is 0 Å². The molecule has 20 heavy (non-hydrogen) atoms. The monoisotopic (exact) mass is 292 g/mol. The van der Waals surface area contributed by atoms with Crippen LogP contribution in [0.4, 0.5) is 0 Å². The number of esters is 1. The maximum atomic E-state index is 11.5. The number of thiol groups is 1. The average Bonchev–Trinajstić information content (AvgIpc) is 2.74. The van der Waals surface area contributed by atoms with Crippen LogP contribution >= 0.6 is 12.6 Å². The summed E-state index contributed by atoms with van der Waals surface area (Å²) >= 11 is 4.34. The molecule has 1 aromatic heterocycles. The van der Waals surface area contributed by atoms with Gasteiger partial charge in [0.1, 0.15) is 0 Å². The molecule has 6 heteroatoms. The van der Waals surface area contributed by atoms with Crippen LogP contribution in [0.2, 0.25) is 0 Å². The molecule has 1 aromatic carbocycles. The molecule has 0 aliphatic rings. The molecule has 0 unspecified atom stereocenters. The van der Waals surface area contributed by atoms with E-state index in [-0.39, 0.29) is 5.97 Å². The predicted molar refractivity (Wildman–Crippen MR) is 76.9 cm³/mol. The Balaban J connectivity index is 2.26. The van der Waals surface area contributed by atoms with Crippen LogP contribution in [-0.4, -0.2) is 22.2 Å². The first kappa shape index (κ1) is 14.6. The molecule has 106 valence electrons. The van der Waals surface area contributed by atoms with Gasteiger partial charge in [-0.3, -0.25) is 4.79 Å². The Morgan fingerprint density at radius 3 is 2.75 bits per heavy atom. The highest BCUT2D eigenvalue weighted by Crippen LogP contribution is 2.08. The number of benzene rings is 1. The number of nitrogens with zero attached hydrogens (tertiary/aromatic N) is 3. The molecule has 0 N–H and O–H groups in total. The minimum atomic E-state index is -0.200. The summed E-state index contributed by atoms with van der Waals surface area (Å²) in [7, 11) is 1.88. The number of ether oxygens (including phenoxy) is 1. The molecule has 0 saturated heterocycles. The maximum absolute atomic E-state index is 11.5. The first-order valence-corrected chi connectivity index (χ1v) is 6.96. The Kier molecular flexibility index (Phi) is 4.79. The summed E-state index contributed by atoms with van der Waals surface area (Å²) in [6.45, 7) is 2.21. The highest BCUT2D eigenvalue weighted by Gasteiger charge is 2.23. The number of carbonyl (C=O) groups is 1. The Bertz CT molecular complexity index is 596. The zero-order chi connectivity index (χ0) is 14.5. The molecule has 0 aliphatic carbocycles. The van der Waals surface area contributed by atoms with Gasteiger partial charge in [-0.1, -0.05) is 35.5 Å². The zero-order valence-corrected chi connectivity index (χ0v) is 12.5. The minimum Gasteiger partial charge on any atom is -0.466 e. The number of rotatable bonds is 5. The summed E-state index contributed by atoms with van der Waals surface area (Å²) < 4.78 is 8.64. The normalized spacial score (nSPS) is 10.6. The number of hydrogen-bond donors (Lipinski definition) is 1. The smallest absolute Gasteiger partial charge is 0.306 e. The summed E-state index contributed by atoms with van der Waals surface area (Å²) in [6.07, 6.45) is 0.880. The molecular formula is C14H18N3O2S+. The molecule has 0 atom stereocenters. The van der Waals surface area contributed by atoms with E-state index in [1.54, 1.807) is 6.92 Å². The van der Waals surface area contributed by atoms with Gasteiger partial charge in [0.05, 0.1) is 26.5 Å². The molecule has 0 bridgehead atoms. The van der Waals surface area contributed by atoms with Gasteiger partial charge in [-0.2, -0.15) is 0 Å². The van der Waals surface area contributed by atoms with Gasteiger partial charge in [0, 0.05) is 0 Å². The number of para-hydroxylation sites is 1. The quantitative estimate of drug-likeness (QED) is 0.516. The van der Waals surface area contributed by atoms with Gasteiger partial charge in [0.25, 0.3) is 11.0 Å². The first-order valence-electron chi connectivity index (χ1n) is 6.51. The van der Waals surface area contributed by atoms with Crippen LogP contribution in [0, 0.1) is 0 Å². The summed E-state index contributed by atoms with van der Waals surface area (Å²) in [5, 5.41) is 5.00. The van der Waals surface area contributed by atoms with E-state index in [9.17, 15) is 4.79 Å². The fraction of sp³-hybridized carbons (Fsp3) is 0.357. The number of aromatic nitrogens is 3. The van der Waals surface area contributed by atoms with Crippen LogP contribution in [-0.2, 0) is 23.0 Å². The lowest BCUT2D eigenvalue weighted by atomic mass is 10.2. The Morgan fingerprint density at radius 1 is 1.40 bits per heavy atom. The van der Waals surface area contributed by atoms with Crippen molar-refractivity contribution in [2.75, 3.05) is 6.61 Å². The highest BCUT2D eigenvalue weighted by molar-refractivity contribution is 7.80. The van der Waals surface area contributed by atoms with E-state index < -0.39 is 0 Å². The highest BCUT2D eigenvalue weighted by atomic mass is 32.1. The summed E-state index contributed by atoms with van der Waals surface area (Å²) in [5.41, 5.74) is 0.947. The lowest BCUT2D eigenvalue weighted by Crippen LogP contribution is -2.38. The topological polar surface area (TPSA) is 48.0 Å². The van der Waals surface area contributed by atoms with Crippen molar-refractivity contribution in [2.45, 2.75) is 24.9 Å². The average molecular weight is 292 g/mol. The van der Waals surface area contributed by atoms with Crippen LogP contribution in [0.3, 0.4) is 0 Å². The molecule has 1 heterocycles. The fourth-order valence-electron chi connectivity index (χ4n) is 1.97. The maximum Gasteiger partial charge on any atom is 0.306 e. The van der Waals surface area contributed by atoms with Crippen molar-refractivity contribution in [1.82, 2.24) is 9.67 Å². The molecule has 5 nitrogen and oxygen atoms in total. The lowest BCUT2D eigenvalue weighted by molar-refractivity contribution is -0.667. The SMILES string of the molecule is CCOC(=O)CCc1n(C)c(S)n[n+]1-c1ccccc1. The van der Waals surface area contributed by atoms with E-state index in [1.165, 1.54) is 0 Å². The van der Waals surface area contributed by atoms with Crippen molar-refractivity contribution in [3.8, 4) is 5.69 Å². The second kappa shape index (κ2) is 6.56. The third-order valence-corrected chi connectivity index (χ3v) is 3.37. The summed E-state index contributed by atoms with van der Waals surface area (Å²) in [4.78, 5) is 11.5. The third-order valence-electron chi connectivity index (χ3n) is 2.98. The molecular weight excluding hydrogens is 274 g/mol. The van der Waals surface area contributed by atoms with Gasteiger partial charge >= 0.3 is 5.97 Å². The van der Waals surface area contributed by atoms with E-state index in [0.717, 1.165) is 11.5 Å². The summed E-state index contributed by atoms with van der Waals surface area (Å²) in [5.74, 6) is 0.711. The minimum absolute atomic E-state index is 0.200. The third kappa shape index (κ3) is 3.19. The van der Waals surface area contributed by atoms with E-state index in [2.05, 4.69) is 17.7 Å². The van der Waals surface area contributed by atoms with Crippen molar-refractivity contribution >= 4 is 18.6 Å². The van der Waals surface area contributed by atoms with Crippen molar-refractivity contribution in [3.05, 3.63) is 36.2 Å². The second-order valence-corrected chi connectivity index (χ2v) is 4.73. The van der Waals surface area contributed by atoms with Crippen LogP contribution in [0.5, 0.6) is 0 Å². The van der Waals surface area contributed by atoms with Crippen molar-refractivity contribution in [1.29, 1.82) is 0 Å². The molecule has 0 fully saturated rings. The zero-order valence-electron chi connectivity index (χ0n) is 11.6. The van der Waals surface area contributed by atoms with Gasteiger partial charge in [-0.15, -0.1) is 0 Å². The predicted octanol–water partition coefficient (Wildman–Crippen LogP) is 1.48. The van der Waals surface area contributed by atoms with Gasteiger partial charge < -0.3 is 4.74 Å². The van der Waals surface area contributed by atoms with E-state index in [4.69, 9.17) is 4.74 Å². The van der Waals surface area contributed by atoms with Gasteiger partial charge in [0.2, 0.25) is 0 Å². The molecule has 0 amide bonds. The lowest BCUT2D eigenvalue weighted by Gasteiger charge is -2.01. The molecule has 0 aliphatic heterocycles. The fourth-order valence-corrected chi connectivity index (χ4v) is 2.17. The van der Waals surface area contributed by atoms with Crippen molar-refractivity contribution < 1.29 is 14.2 Å². The summed E-state index contributed by atoms with van der Waals surface area (Å²) in [6, 6.07) is 9.78. The molecule has 2 rings (SSSR count). The Hall–Kier alpha value is -1.82. The first-order chi connectivity index (χ1) is 9.63.